The van der Waals surface area contributed by atoms with Gasteiger partial charge in [-0.3, -0.25) is 9.78 Å². The van der Waals surface area contributed by atoms with Gasteiger partial charge in [-0.1, -0.05) is 0 Å². The van der Waals surface area contributed by atoms with Crippen LogP contribution in [0.25, 0.3) is 0 Å². The van der Waals surface area contributed by atoms with E-state index in [0.29, 0.717) is 16.2 Å². The average Bonchev–Trinajstić information content (AvgIpc) is 2.69. The van der Waals surface area contributed by atoms with E-state index in [-0.39, 0.29) is 5.78 Å². The maximum absolute atomic E-state index is 12.2. The minimum atomic E-state index is -0.0622. The Bertz CT molecular complexity index is 549. The van der Waals surface area contributed by atoms with Gasteiger partial charge in [0, 0.05) is 16.2 Å². The summed E-state index contributed by atoms with van der Waals surface area (Å²) in [7, 11) is 1.55. The Labute approximate surface area is 119 Å². The monoisotopic (exact) mass is 375 g/mol. The molecule has 2 heterocycles. The van der Waals surface area contributed by atoms with Crippen LogP contribution in [-0.2, 0) is 0 Å². The van der Waals surface area contributed by atoms with Gasteiger partial charge in [0.15, 0.2) is 0 Å². The number of methoxy groups -OCH3 is 1. The first-order chi connectivity index (χ1) is 8.11. The lowest BCUT2D eigenvalue weighted by atomic mass is 10.1. The number of ketones is 1. The highest BCUT2D eigenvalue weighted by Gasteiger charge is 2.15. The molecule has 0 unspecified atom stereocenters. The first kappa shape index (κ1) is 12.7. The molecule has 0 atom stereocenters. The molecule has 0 aliphatic rings. The first-order valence-corrected chi connectivity index (χ1v) is 7.00. The fourth-order valence-electron chi connectivity index (χ4n) is 1.26. The van der Waals surface area contributed by atoms with E-state index in [1.165, 1.54) is 17.5 Å². The smallest absolute Gasteiger partial charge is 0.204 e. The van der Waals surface area contributed by atoms with Gasteiger partial charge in [-0.05, 0) is 44.0 Å². The molecular formula is C11H7Br2NO2S. The summed E-state index contributed by atoms with van der Waals surface area (Å²) >= 11 is 8.10. The highest BCUT2D eigenvalue weighted by atomic mass is 79.9. The van der Waals surface area contributed by atoms with Gasteiger partial charge in [-0.25, -0.2) is 0 Å². The number of nitrogens with zero attached hydrogens (tertiary/aromatic N) is 1. The standard InChI is InChI=1S/C11H7Br2NO2S/c1-16-7-2-6(4-14-5-7)10(15)9-3-8(12)11(13)17-9/h2-5H,1H3. The summed E-state index contributed by atoms with van der Waals surface area (Å²) in [6.45, 7) is 0. The summed E-state index contributed by atoms with van der Waals surface area (Å²) < 4.78 is 6.82. The van der Waals surface area contributed by atoms with Crippen LogP contribution in [0.4, 0.5) is 0 Å². The molecule has 0 saturated heterocycles. The predicted molar refractivity (Wildman–Crippen MR) is 73.9 cm³/mol. The lowest BCUT2D eigenvalue weighted by Crippen LogP contribution is -1.99. The maximum atomic E-state index is 12.2. The van der Waals surface area contributed by atoms with Gasteiger partial charge >= 0.3 is 0 Å². The number of aromatic nitrogens is 1. The Morgan fingerprint density at radius 3 is 2.71 bits per heavy atom. The Morgan fingerprint density at radius 1 is 1.35 bits per heavy atom. The van der Waals surface area contributed by atoms with Gasteiger partial charge in [0.05, 0.1) is 22.0 Å². The van der Waals surface area contributed by atoms with E-state index in [4.69, 9.17) is 4.74 Å². The molecule has 0 bridgehead atoms. The van der Waals surface area contributed by atoms with Crippen LogP contribution in [0.2, 0.25) is 0 Å². The molecule has 0 spiro atoms. The summed E-state index contributed by atoms with van der Waals surface area (Å²) in [5.41, 5.74) is 0.519. The van der Waals surface area contributed by atoms with Crippen molar-refractivity contribution in [1.82, 2.24) is 4.98 Å². The molecule has 0 saturated carbocycles. The quantitative estimate of drug-likeness (QED) is 0.762. The molecule has 0 amide bonds. The van der Waals surface area contributed by atoms with Crippen LogP contribution in [0, 0.1) is 0 Å². The number of thiophene rings is 1. The second-order valence-corrected chi connectivity index (χ2v) is 6.40. The molecule has 2 aromatic heterocycles. The fraction of sp³-hybridized carbons (Fsp3) is 0.0909. The number of pyridine rings is 1. The van der Waals surface area contributed by atoms with E-state index in [2.05, 4.69) is 36.8 Å². The van der Waals surface area contributed by atoms with Crippen LogP contribution in [0.5, 0.6) is 5.75 Å². The summed E-state index contributed by atoms with van der Waals surface area (Å²) in [5, 5.41) is 0. The first-order valence-electron chi connectivity index (χ1n) is 4.60. The predicted octanol–water partition coefficient (Wildman–Crippen LogP) is 3.91. The highest BCUT2D eigenvalue weighted by Crippen LogP contribution is 2.33. The van der Waals surface area contributed by atoms with Crippen molar-refractivity contribution in [2.45, 2.75) is 0 Å². The Morgan fingerprint density at radius 2 is 2.12 bits per heavy atom. The van der Waals surface area contributed by atoms with Gasteiger partial charge < -0.3 is 4.74 Å². The van der Waals surface area contributed by atoms with Gasteiger partial charge in [-0.2, -0.15) is 0 Å². The van der Waals surface area contributed by atoms with Crippen molar-refractivity contribution in [1.29, 1.82) is 0 Å². The van der Waals surface area contributed by atoms with Crippen molar-refractivity contribution in [3.63, 3.8) is 0 Å². The fourth-order valence-corrected chi connectivity index (χ4v) is 3.25. The van der Waals surface area contributed by atoms with Crippen LogP contribution >= 0.6 is 43.2 Å². The lowest BCUT2D eigenvalue weighted by molar-refractivity contribution is 0.104. The van der Waals surface area contributed by atoms with Crippen molar-refractivity contribution >= 4 is 49.0 Å². The van der Waals surface area contributed by atoms with Crippen LogP contribution < -0.4 is 4.74 Å². The minimum Gasteiger partial charge on any atom is -0.495 e. The third-order valence-electron chi connectivity index (χ3n) is 2.08. The van der Waals surface area contributed by atoms with Gasteiger partial charge in [0.2, 0.25) is 5.78 Å². The molecule has 0 N–H and O–H groups in total. The molecule has 0 aliphatic heterocycles. The zero-order valence-electron chi connectivity index (χ0n) is 8.74. The second-order valence-electron chi connectivity index (χ2n) is 3.17. The minimum absolute atomic E-state index is 0.0622. The number of hydrogen-bond donors (Lipinski definition) is 0. The Balaban J connectivity index is 2.36. The number of hydrogen-bond acceptors (Lipinski definition) is 4. The average molecular weight is 377 g/mol. The molecule has 0 radical (unpaired) electrons. The number of ether oxygens (including phenoxy) is 1. The van der Waals surface area contributed by atoms with E-state index in [9.17, 15) is 4.79 Å². The third-order valence-corrected chi connectivity index (χ3v) is 5.33. The molecule has 17 heavy (non-hydrogen) atoms. The lowest BCUT2D eigenvalue weighted by Gasteiger charge is -2.01. The largest absolute Gasteiger partial charge is 0.495 e. The maximum Gasteiger partial charge on any atom is 0.204 e. The third kappa shape index (κ3) is 2.75. The van der Waals surface area contributed by atoms with Crippen molar-refractivity contribution < 1.29 is 9.53 Å². The zero-order chi connectivity index (χ0) is 12.4. The van der Waals surface area contributed by atoms with Crippen molar-refractivity contribution in [2.75, 3.05) is 7.11 Å². The van der Waals surface area contributed by atoms with Gasteiger partial charge in [-0.15, -0.1) is 11.3 Å². The van der Waals surface area contributed by atoms with Gasteiger partial charge in [0.1, 0.15) is 5.75 Å². The van der Waals surface area contributed by atoms with Crippen LogP contribution in [0.15, 0.2) is 32.8 Å². The van der Waals surface area contributed by atoms with Crippen LogP contribution in [0.3, 0.4) is 0 Å². The van der Waals surface area contributed by atoms with Crippen LogP contribution in [0.1, 0.15) is 15.2 Å². The molecule has 0 fully saturated rings. The summed E-state index contributed by atoms with van der Waals surface area (Å²) in [6.07, 6.45) is 3.10. The molecule has 3 nitrogen and oxygen atoms in total. The summed E-state index contributed by atoms with van der Waals surface area (Å²) in [6, 6.07) is 3.47. The normalized spacial score (nSPS) is 10.3. The molecular weight excluding hydrogens is 370 g/mol. The van der Waals surface area contributed by atoms with E-state index in [1.54, 1.807) is 25.4 Å². The summed E-state index contributed by atoms with van der Waals surface area (Å²) in [4.78, 5) is 16.8. The molecule has 2 aromatic rings. The SMILES string of the molecule is COc1cncc(C(=O)c2cc(Br)c(Br)s2)c1. The molecule has 6 heteroatoms. The summed E-state index contributed by atoms with van der Waals surface area (Å²) in [5.74, 6) is 0.512. The molecule has 88 valence electrons. The Kier molecular flexibility index (Phi) is 3.96. The number of carbonyl (C=O) groups excluding carboxylic acids is 1. The highest BCUT2D eigenvalue weighted by molar-refractivity contribution is 9.13. The Hall–Kier alpha value is -0.720. The van der Waals surface area contributed by atoms with E-state index in [1.807, 2.05) is 0 Å². The van der Waals surface area contributed by atoms with E-state index in [0.717, 1.165) is 8.26 Å². The van der Waals surface area contributed by atoms with Crippen LogP contribution in [-0.4, -0.2) is 17.9 Å². The molecule has 2 rings (SSSR count). The zero-order valence-corrected chi connectivity index (χ0v) is 12.7. The number of carbonyl (C=O) groups is 1. The number of rotatable bonds is 3. The van der Waals surface area contributed by atoms with Crippen molar-refractivity contribution in [3.8, 4) is 5.75 Å². The van der Waals surface area contributed by atoms with Crippen molar-refractivity contribution in [3.05, 3.63) is 43.2 Å². The molecule has 0 aromatic carbocycles. The van der Waals surface area contributed by atoms with Gasteiger partial charge in [0.25, 0.3) is 0 Å². The number of halogens is 2. The molecule has 0 aliphatic carbocycles. The van der Waals surface area contributed by atoms with E-state index < -0.39 is 0 Å². The topological polar surface area (TPSA) is 39.2 Å². The van der Waals surface area contributed by atoms with E-state index >= 15 is 0 Å². The second kappa shape index (κ2) is 5.29. The van der Waals surface area contributed by atoms with Crippen molar-refractivity contribution in [2.24, 2.45) is 0 Å².